The van der Waals surface area contributed by atoms with Crippen LogP contribution in [0.15, 0.2) is 24.3 Å². The van der Waals surface area contributed by atoms with E-state index >= 15 is 0 Å². The number of hydrogen-bond donors (Lipinski definition) is 1. The molecule has 0 unspecified atom stereocenters. The number of hydrogen-bond acceptors (Lipinski definition) is 3. The van der Waals surface area contributed by atoms with Gasteiger partial charge in [0.05, 0.1) is 22.2 Å². The maximum atomic E-state index is 12.4. The number of benzene rings is 1. The predicted octanol–water partition coefficient (Wildman–Crippen LogP) is 2.95. The van der Waals surface area contributed by atoms with Crippen molar-refractivity contribution in [3.8, 4) is 0 Å². The van der Waals surface area contributed by atoms with Crippen LogP contribution in [0.2, 0.25) is 0 Å². The number of halogens is 3. The van der Waals surface area contributed by atoms with Gasteiger partial charge in [-0.1, -0.05) is 12.1 Å². The average molecular weight is 310 g/mol. The van der Waals surface area contributed by atoms with E-state index in [1.165, 1.54) is 20.8 Å². The quantitative estimate of drug-likeness (QED) is 0.930. The average Bonchev–Trinajstić information content (AvgIpc) is 2.35. The fourth-order valence-electron chi connectivity index (χ4n) is 1.73. The summed E-state index contributed by atoms with van der Waals surface area (Å²) in [5.74, 6) is 0. The van der Waals surface area contributed by atoms with Crippen molar-refractivity contribution in [3.05, 3.63) is 35.4 Å². The van der Waals surface area contributed by atoms with Gasteiger partial charge in [-0.2, -0.15) is 13.2 Å². The minimum Gasteiger partial charge on any atom is -0.392 e. The summed E-state index contributed by atoms with van der Waals surface area (Å²) in [5, 5.41) is 7.41. The van der Waals surface area contributed by atoms with Crippen molar-refractivity contribution in [2.75, 3.05) is 0 Å². The molecule has 0 aromatic heterocycles. The number of alkyl halides is 3. The van der Waals surface area contributed by atoms with Gasteiger partial charge in [0.25, 0.3) is 0 Å². The molecule has 0 aliphatic rings. The summed E-state index contributed by atoms with van der Waals surface area (Å²) in [6.07, 6.45) is -5.50. The Morgan fingerprint density at radius 1 is 1.05 bits per heavy atom. The highest BCUT2D eigenvalue weighted by Crippen LogP contribution is 2.32. The first-order valence-electron chi connectivity index (χ1n) is 6.06. The van der Waals surface area contributed by atoms with E-state index in [0.717, 1.165) is 24.3 Å². The Hall–Kier alpha value is -1.08. The Kier molecular flexibility index (Phi) is 4.86. The molecule has 0 spiro atoms. The molecule has 0 saturated heterocycles. The zero-order chi connectivity index (χ0) is 15.7. The highest BCUT2D eigenvalue weighted by molar-refractivity contribution is 7.92. The van der Waals surface area contributed by atoms with Gasteiger partial charge in [0.15, 0.2) is 9.84 Å². The second-order valence-corrected chi connectivity index (χ2v) is 7.43. The van der Waals surface area contributed by atoms with Crippen molar-refractivity contribution in [2.24, 2.45) is 0 Å². The molecule has 0 aliphatic carbocycles. The molecule has 1 aromatic rings. The molecule has 1 aromatic carbocycles. The third-order valence-electron chi connectivity index (χ3n) is 3.40. The van der Waals surface area contributed by atoms with E-state index in [0.29, 0.717) is 0 Å². The van der Waals surface area contributed by atoms with Crippen LogP contribution in [0.3, 0.4) is 0 Å². The summed E-state index contributed by atoms with van der Waals surface area (Å²) in [5.41, 5.74) is -0.556. The molecule has 7 heteroatoms. The standard InChI is InChI=1S/C13H17F3O3S/c1-8(17)9(2)20(18,19)10(3)11-4-6-12(7-5-11)13(14,15)16/h4-10,17H,1-3H3/t8-,9+,10+/m0/s1. The summed E-state index contributed by atoms with van der Waals surface area (Å²) < 4.78 is 61.7. The van der Waals surface area contributed by atoms with E-state index in [4.69, 9.17) is 0 Å². The van der Waals surface area contributed by atoms with Gasteiger partial charge in [-0.3, -0.25) is 0 Å². The lowest BCUT2D eigenvalue weighted by Crippen LogP contribution is -2.32. The molecule has 0 bridgehead atoms. The molecule has 0 radical (unpaired) electrons. The molecular formula is C13H17F3O3S. The van der Waals surface area contributed by atoms with E-state index in [2.05, 4.69) is 0 Å². The largest absolute Gasteiger partial charge is 0.416 e. The second kappa shape index (κ2) is 5.73. The predicted molar refractivity (Wildman–Crippen MR) is 69.9 cm³/mol. The second-order valence-electron chi connectivity index (χ2n) is 4.80. The summed E-state index contributed by atoms with van der Waals surface area (Å²) >= 11 is 0. The first-order valence-corrected chi connectivity index (χ1v) is 7.66. The SMILES string of the molecule is C[C@H](O)[C@@H](C)S(=O)(=O)[C@H](C)c1ccc(C(F)(F)F)cc1. The molecule has 0 amide bonds. The van der Waals surface area contributed by atoms with E-state index in [9.17, 15) is 26.7 Å². The lowest BCUT2D eigenvalue weighted by atomic mass is 10.1. The lowest BCUT2D eigenvalue weighted by molar-refractivity contribution is -0.137. The van der Waals surface area contributed by atoms with Crippen LogP contribution in [-0.2, 0) is 16.0 Å². The van der Waals surface area contributed by atoms with Gasteiger partial charge < -0.3 is 5.11 Å². The molecule has 20 heavy (non-hydrogen) atoms. The summed E-state index contributed by atoms with van der Waals surface area (Å²) in [6.45, 7) is 4.14. The highest BCUT2D eigenvalue weighted by atomic mass is 32.2. The van der Waals surface area contributed by atoms with Gasteiger partial charge in [0.1, 0.15) is 0 Å². The van der Waals surface area contributed by atoms with Crippen LogP contribution in [0.25, 0.3) is 0 Å². The van der Waals surface area contributed by atoms with Crippen LogP contribution in [-0.4, -0.2) is 24.9 Å². The van der Waals surface area contributed by atoms with Gasteiger partial charge in [-0.05, 0) is 38.5 Å². The fraction of sp³-hybridized carbons (Fsp3) is 0.538. The topological polar surface area (TPSA) is 54.4 Å². The third-order valence-corrected chi connectivity index (χ3v) is 6.09. The zero-order valence-corrected chi connectivity index (χ0v) is 12.2. The van der Waals surface area contributed by atoms with E-state index in [-0.39, 0.29) is 5.56 Å². The molecule has 114 valence electrons. The zero-order valence-electron chi connectivity index (χ0n) is 11.3. The molecule has 3 atom stereocenters. The molecule has 0 saturated carbocycles. The van der Waals surface area contributed by atoms with Crippen molar-refractivity contribution in [3.63, 3.8) is 0 Å². The normalized spacial score (nSPS) is 17.6. The first kappa shape index (κ1) is 17.0. The minimum atomic E-state index is -4.45. The number of aliphatic hydroxyl groups excluding tert-OH is 1. The van der Waals surface area contributed by atoms with E-state index in [1.807, 2.05) is 0 Å². The Labute approximate surface area is 116 Å². The smallest absolute Gasteiger partial charge is 0.392 e. The minimum absolute atomic E-state index is 0.269. The Morgan fingerprint density at radius 3 is 1.85 bits per heavy atom. The van der Waals surface area contributed by atoms with Crippen LogP contribution < -0.4 is 0 Å². The van der Waals surface area contributed by atoms with Crippen LogP contribution in [0.5, 0.6) is 0 Å². The highest BCUT2D eigenvalue weighted by Gasteiger charge is 2.33. The number of sulfone groups is 1. The molecule has 1 N–H and O–H groups in total. The molecular weight excluding hydrogens is 293 g/mol. The Bertz CT molecular complexity index is 547. The van der Waals surface area contributed by atoms with Crippen LogP contribution in [0, 0.1) is 0 Å². The van der Waals surface area contributed by atoms with Gasteiger partial charge >= 0.3 is 6.18 Å². The molecule has 0 aliphatic heterocycles. The van der Waals surface area contributed by atoms with Crippen molar-refractivity contribution in [1.82, 2.24) is 0 Å². The van der Waals surface area contributed by atoms with Crippen LogP contribution in [0.4, 0.5) is 13.2 Å². The summed E-state index contributed by atoms with van der Waals surface area (Å²) in [7, 11) is -3.67. The van der Waals surface area contributed by atoms with Crippen molar-refractivity contribution < 1.29 is 26.7 Å². The maximum absolute atomic E-state index is 12.4. The number of rotatable bonds is 4. The Morgan fingerprint density at radius 2 is 1.50 bits per heavy atom. The summed E-state index contributed by atoms with van der Waals surface area (Å²) in [4.78, 5) is 0. The fourth-order valence-corrected chi connectivity index (χ4v) is 3.46. The third kappa shape index (κ3) is 3.52. The monoisotopic (exact) mass is 310 g/mol. The van der Waals surface area contributed by atoms with Crippen molar-refractivity contribution in [2.45, 2.75) is 43.6 Å². The van der Waals surface area contributed by atoms with Crippen LogP contribution in [0.1, 0.15) is 37.1 Å². The number of aliphatic hydroxyl groups is 1. The van der Waals surface area contributed by atoms with Gasteiger partial charge in [-0.25, -0.2) is 8.42 Å². The molecule has 3 nitrogen and oxygen atoms in total. The van der Waals surface area contributed by atoms with Gasteiger partial charge in [0, 0.05) is 0 Å². The maximum Gasteiger partial charge on any atom is 0.416 e. The summed E-state index contributed by atoms with van der Waals surface area (Å²) in [6, 6.07) is 4.02. The Balaban J connectivity index is 3.07. The van der Waals surface area contributed by atoms with E-state index in [1.54, 1.807) is 0 Å². The molecule has 1 rings (SSSR count). The van der Waals surface area contributed by atoms with E-state index < -0.39 is 38.2 Å². The van der Waals surface area contributed by atoms with Gasteiger partial charge in [-0.15, -0.1) is 0 Å². The van der Waals surface area contributed by atoms with Crippen LogP contribution >= 0.6 is 0 Å². The van der Waals surface area contributed by atoms with Gasteiger partial charge in [0.2, 0.25) is 0 Å². The molecule has 0 heterocycles. The van der Waals surface area contributed by atoms with Crippen molar-refractivity contribution >= 4 is 9.84 Å². The molecule has 0 fully saturated rings. The van der Waals surface area contributed by atoms with Crippen molar-refractivity contribution in [1.29, 1.82) is 0 Å². The first-order chi connectivity index (χ1) is 8.98. The lowest BCUT2D eigenvalue weighted by Gasteiger charge is -2.21.